The predicted octanol–water partition coefficient (Wildman–Crippen LogP) is 4.61. The highest BCUT2D eigenvalue weighted by Gasteiger charge is 2.45. The van der Waals surface area contributed by atoms with Gasteiger partial charge in [-0.1, -0.05) is 15.3 Å². The Balaban J connectivity index is 1.94. The number of pyridine rings is 2. The molecule has 0 aliphatic carbocycles. The molecule has 0 radical (unpaired) electrons. The number of rotatable bonds is 3. The molecular formula is C19H16F5N4O2P. The maximum atomic E-state index is 14.2. The van der Waals surface area contributed by atoms with E-state index in [0.29, 0.717) is 25.1 Å². The van der Waals surface area contributed by atoms with Gasteiger partial charge in [0.05, 0.1) is 22.5 Å². The van der Waals surface area contributed by atoms with E-state index in [1.54, 1.807) is 6.08 Å². The van der Waals surface area contributed by atoms with Crippen molar-refractivity contribution in [2.24, 2.45) is 0 Å². The molecule has 31 heavy (non-hydrogen) atoms. The van der Waals surface area contributed by atoms with Crippen LogP contribution in [0.5, 0.6) is 0 Å². The van der Waals surface area contributed by atoms with Crippen molar-refractivity contribution in [2.75, 3.05) is 18.4 Å². The molecule has 6 nitrogen and oxygen atoms in total. The van der Waals surface area contributed by atoms with Crippen LogP contribution in [-0.2, 0) is 10.9 Å². The smallest absolute Gasteiger partial charge is 0.416 e. The van der Waals surface area contributed by atoms with Crippen molar-refractivity contribution >= 4 is 26.7 Å². The van der Waals surface area contributed by atoms with Crippen molar-refractivity contribution in [1.82, 2.24) is 15.3 Å². The van der Waals surface area contributed by atoms with Gasteiger partial charge >= 0.3 is 12.3 Å². The first kappa shape index (κ1) is 21.6. The van der Waals surface area contributed by atoms with Crippen LogP contribution in [0.4, 0.5) is 32.6 Å². The minimum Gasteiger partial charge on any atom is -0.434 e. The lowest BCUT2D eigenvalue weighted by Gasteiger charge is -2.30. The average molecular weight is 458 g/mol. The minimum atomic E-state index is -4.68. The predicted molar refractivity (Wildman–Crippen MR) is 105 cm³/mol. The fourth-order valence-corrected chi connectivity index (χ4v) is 3.71. The van der Waals surface area contributed by atoms with Gasteiger partial charge in [-0.2, -0.15) is 22.0 Å². The van der Waals surface area contributed by atoms with Gasteiger partial charge in [0, 0.05) is 18.3 Å². The van der Waals surface area contributed by atoms with Crippen LogP contribution in [0.2, 0.25) is 0 Å². The zero-order valence-corrected chi connectivity index (χ0v) is 16.9. The fourth-order valence-electron chi connectivity index (χ4n) is 3.48. The number of carbonyl (C=O) groups is 1. The molecule has 0 saturated carbocycles. The van der Waals surface area contributed by atoms with Gasteiger partial charge in [0.1, 0.15) is 5.82 Å². The molecule has 2 N–H and O–H groups in total. The van der Waals surface area contributed by atoms with Gasteiger partial charge in [-0.25, -0.2) is 14.8 Å². The van der Waals surface area contributed by atoms with Crippen molar-refractivity contribution in [1.29, 1.82) is 0 Å². The molecule has 2 aromatic rings. The lowest BCUT2D eigenvalue weighted by atomic mass is 9.96. The summed E-state index contributed by atoms with van der Waals surface area (Å²) in [7, 11) is 1.28. The molecule has 0 saturated heterocycles. The van der Waals surface area contributed by atoms with E-state index in [1.165, 1.54) is 21.5 Å². The number of amides is 1. The van der Waals surface area contributed by atoms with Gasteiger partial charge in [-0.3, -0.25) is 5.32 Å². The van der Waals surface area contributed by atoms with Crippen LogP contribution in [0.1, 0.15) is 29.3 Å². The third kappa shape index (κ3) is 4.38. The number of halogens is 5. The molecule has 164 valence electrons. The summed E-state index contributed by atoms with van der Waals surface area (Å²) in [4.78, 5) is 19.9. The summed E-state index contributed by atoms with van der Waals surface area (Å²) in [6.07, 6.45) is -4.48. The summed E-state index contributed by atoms with van der Waals surface area (Å²) in [5.41, 5.74) is -4.31. The third-order valence-electron chi connectivity index (χ3n) is 4.87. The van der Waals surface area contributed by atoms with Crippen LogP contribution < -0.4 is 10.6 Å². The highest BCUT2D eigenvalue weighted by molar-refractivity contribution is 7.18. The Morgan fingerprint density at radius 1 is 1.16 bits per heavy atom. The van der Waals surface area contributed by atoms with Crippen molar-refractivity contribution in [3.63, 3.8) is 0 Å². The molecule has 0 fully saturated rings. The molecule has 1 amide bonds. The van der Waals surface area contributed by atoms with Crippen LogP contribution in [0.15, 0.2) is 30.5 Å². The highest BCUT2D eigenvalue weighted by Crippen LogP contribution is 2.48. The number of anilines is 1. The van der Waals surface area contributed by atoms with E-state index in [4.69, 9.17) is 4.74 Å². The Labute approximate surface area is 175 Å². The highest BCUT2D eigenvalue weighted by atomic mass is 31.0. The molecule has 2 aliphatic heterocycles. The lowest BCUT2D eigenvalue weighted by molar-refractivity contribution is -0.137. The number of ether oxygens (including phenoxy) is 1. The first-order valence-electron chi connectivity index (χ1n) is 9.17. The summed E-state index contributed by atoms with van der Waals surface area (Å²) < 4.78 is 74.0. The number of carbonyl (C=O) groups excluding carboxylic acids is 1. The van der Waals surface area contributed by atoms with E-state index in [0.717, 1.165) is 12.1 Å². The van der Waals surface area contributed by atoms with Gasteiger partial charge in [-0.15, -0.1) is 0 Å². The normalized spacial score (nSPS) is 19.2. The molecule has 4 heterocycles. The Morgan fingerprint density at radius 2 is 1.90 bits per heavy atom. The molecule has 2 aromatic heterocycles. The van der Waals surface area contributed by atoms with Crippen LogP contribution >= 0.6 is 9.24 Å². The molecule has 12 heteroatoms. The van der Waals surface area contributed by atoms with Crippen molar-refractivity contribution < 1.29 is 31.5 Å². The average Bonchev–Trinajstić information content (AvgIpc) is 2.71. The number of hydrogen-bond acceptors (Lipinski definition) is 5. The van der Waals surface area contributed by atoms with Crippen molar-refractivity contribution in [3.8, 4) is 11.3 Å². The van der Waals surface area contributed by atoms with Crippen LogP contribution in [-0.4, -0.2) is 34.8 Å². The summed E-state index contributed by atoms with van der Waals surface area (Å²) in [6.45, 7) is 1.06. The molecular weight excluding hydrogens is 442 g/mol. The maximum absolute atomic E-state index is 14.2. The lowest BCUT2D eigenvalue weighted by Crippen LogP contribution is -2.33. The van der Waals surface area contributed by atoms with Gasteiger partial charge in [0.15, 0.2) is 6.10 Å². The molecule has 4 rings (SSSR count). The van der Waals surface area contributed by atoms with Gasteiger partial charge in [0.2, 0.25) is 0 Å². The van der Waals surface area contributed by atoms with E-state index in [-0.39, 0.29) is 28.3 Å². The zero-order valence-electron chi connectivity index (χ0n) is 15.8. The second kappa shape index (κ2) is 7.80. The van der Waals surface area contributed by atoms with Gasteiger partial charge in [-0.05, 0) is 36.7 Å². The van der Waals surface area contributed by atoms with Gasteiger partial charge < -0.3 is 10.1 Å². The standard InChI is InChI=1S/C19H16F5N4O2P/c20-18(21,22)10-7-12(9-1-4-25-5-2-9)27-13(8-10)11-3-6-26-16-14(11)15(19(23,24)31)30-17(29)28-16/h1,3,6-8,15,25H,2,4-5,31H2,(H,26,28,29)/t15-/m1/s1. The van der Waals surface area contributed by atoms with E-state index < -0.39 is 29.6 Å². The number of cyclic esters (lactones) is 1. The molecule has 1 unspecified atom stereocenters. The summed E-state index contributed by atoms with van der Waals surface area (Å²) in [5.74, 6) is -0.220. The van der Waals surface area contributed by atoms with E-state index in [2.05, 4.69) is 20.6 Å². The molecule has 0 bridgehead atoms. The Morgan fingerprint density at radius 3 is 2.55 bits per heavy atom. The number of aromatic nitrogens is 2. The Hall–Kier alpha value is -2.65. The molecule has 0 aromatic carbocycles. The quantitative estimate of drug-likeness (QED) is 0.519. The third-order valence-corrected chi connectivity index (χ3v) is 5.17. The van der Waals surface area contributed by atoms with E-state index >= 15 is 0 Å². The summed E-state index contributed by atoms with van der Waals surface area (Å²) in [6, 6.07) is 3.00. The molecule has 2 atom stereocenters. The first-order valence-corrected chi connectivity index (χ1v) is 9.75. The minimum absolute atomic E-state index is 0.0426. The maximum Gasteiger partial charge on any atom is 0.416 e. The van der Waals surface area contributed by atoms with Crippen LogP contribution in [0.25, 0.3) is 16.8 Å². The van der Waals surface area contributed by atoms with E-state index in [9.17, 15) is 26.7 Å². The number of alkyl halides is 5. The van der Waals surface area contributed by atoms with Gasteiger partial charge in [0.25, 0.3) is 5.66 Å². The zero-order chi connectivity index (χ0) is 22.4. The second-order valence-electron chi connectivity index (χ2n) is 7.01. The van der Waals surface area contributed by atoms with E-state index in [1.807, 2.05) is 0 Å². The second-order valence-corrected chi connectivity index (χ2v) is 7.78. The Kier molecular flexibility index (Phi) is 5.43. The van der Waals surface area contributed by atoms with Crippen molar-refractivity contribution in [3.05, 3.63) is 47.3 Å². The summed E-state index contributed by atoms with van der Waals surface area (Å²) >= 11 is 0. The fraction of sp³-hybridized carbons (Fsp3) is 0.316. The molecule has 2 aliphatic rings. The number of nitrogens with zero attached hydrogens (tertiary/aromatic N) is 2. The molecule has 0 spiro atoms. The number of nitrogens with one attached hydrogen (secondary N) is 2. The Bertz CT molecular complexity index is 1070. The van der Waals surface area contributed by atoms with Crippen molar-refractivity contribution in [2.45, 2.75) is 24.4 Å². The summed E-state index contributed by atoms with van der Waals surface area (Å²) in [5, 5.41) is 5.28. The monoisotopic (exact) mass is 458 g/mol. The van der Waals surface area contributed by atoms with Crippen LogP contribution in [0, 0.1) is 0 Å². The SMILES string of the molecule is O=C1Nc2nccc(-c3cc(C(F)(F)F)cc(C4=CCNCC4)n3)c2[C@H](C(F)(F)P)O1. The largest absolute Gasteiger partial charge is 0.434 e. The number of fused-ring (bicyclic) bond motifs is 1. The topological polar surface area (TPSA) is 76.1 Å². The number of hydrogen-bond donors (Lipinski definition) is 2. The first-order chi connectivity index (χ1) is 14.5. The van der Waals surface area contributed by atoms with Crippen LogP contribution in [0.3, 0.4) is 0 Å².